The SMILES string of the molecule is C=C/C(=C\C(=C)CNC(=O)Cc1nc2c(Cl)c(Cl)c(C3=CC=CCC3)cc2s1)C(=O)O. The summed E-state index contributed by atoms with van der Waals surface area (Å²) in [4.78, 5) is 27.8. The topological polar surface area (TPSA) is 79.3 Å². The van der Waals surface area contributed by atoms with Gasteiger partial charge in [0.15, 0.2) is 0 Å². The Labute approximate surface area is 194 Å². The zero-order chi connectivity index (χ0) is 22.5. The van der Waals surface area contributed by atoms with Gasteiger partial charge in [-0.2, -0.15) is 0 Å². The molecule has 0 unspecified atom stereocenters. The minimum Gasteiger partial charge on any atom is -0.478 e. The second kappa shape index (κ2) is 10.1. The zero-order valence-electron chi connectivity index (χ0n) is 16.6. The highest BCUT2D eigenvalue weighted by Crippen LogP contribution is 2.40. The molecule has 2 aromatic rings. The minimum atomic E-state index is -1.10. The third-order valence-electron chi connectivity index (χ3n) is 4.62. The predicted molar refractivity (Wildman–Crippen MR) is 128 cm³/mol. The van der Waals surface area contributed by atoms with Crippen molar-refractivity contribution in [2.24, 2.45) is 0 Å². The molecule has 0 saturated heterocycles. The Morgan fingerprint density at radius 3 is 2.74 bits per heavy atom. The average Bonchev–Trinajstić information content (AvgIpc) is 3.16. The van der Waals surface area contributed by atoms with Crippen molar-refractivity contribution in [1.82, 2.24) is 10.3 Å². The van der Waals surface area contributed by atoms with Crippen LogP contribution in [0.1, 0.15) is 23.4 Å². The van der Waals surface area contributed by atoms with Crippen molar-refractivity contribution in [3.05, 3.63) is 81.4 Å². The van der Waals surface area contributed by atoms with Crippen LogP contribution in [-0.4, -0.2) is 28.5 Å². The van der Waals surface area contributed by atoms with Gasteiger partial charge < -0.3 is 10.4 Å². The van der Waals surface area contributed by atoms with E-state index in [1.807, 2.05) is 18.2 Å². The van der Waals surface area contributed by atoms with E-state index in [0.29, 0.717) is 26.1 Å². The van der Waals surface area contributed by atoms with Crippen LogP contribution in [0.2, 0.25) is 10.0 Å². The summed E-state index contributed by atoms with van der Waals surface area (Å²) >= 11 is 14.4. The molecule has 1 amide bonds. The first-order chi connectivity index (χ1) is 14.8. The maximum absolute atomic E-state index is 12.3. The molecule has 0 atom stereocenters. The molecule has 0 spiro atoms. The molecule has 0 radical (unpaired) electrons. The molecule has 31 heavy (non-hydrogen) atoms. The monoisotopic (exact) mass is 474 g/mol. The molecule has 1 heterocycles. The van der Waals surface area contributed by atoms with Crippen LogP contribution in [0, 0.1) is 0 Å². The van der Waals surface area contributed by atoms with Gasteiger partial charge in [0.2, 0.25) is 5.91 Å². The number of rotatable bonds is 8. The van der Waals surface area contributed by atoms with Gasteiger partial charge in [-0.1, -0.05) is 60.7 Å². The minimum absolute atomic E-state index is 0.0105. The first-order valence-corrected chi connectivity index (χ1v) is 11.0. The average molecular weight is 475 g/mol. The second-order valence-corrected chi connectivity index (χ2v) is 8.76. The number of nitrogens with one attached hydrogen (secondary N) is 1. The predicted octanol–water partition coefficient (Wildman–Crippen LogP) is 5.75. The number of aliphatic carboxylic acids is 1. The number of halogens is 2. The van der Waals surface area contributed by atoms with Gasteiger partial charge in [0.05, 0.1) is 26.7 Å². The summed E-state index contributed by atoms with van der Waals surface area (Å²) in [6, 6.07) is 1.98. The second-order valence-electron chi connectivity index (χ2n) is 6.89. The van der Waals surface area contributed by atoms with Gasteiger partial charge in [-0.25, -0.2) is 9.78 Å². The lowest BCUT2D eigenvalue weighted by molar-refractivity contribution is -0.132. The fourth-order valence-corrected chi connectivity index (χ4v) is 4.66. The summed E-state index contributed by atoms with van der Waals surface area (Å²) in [5, 5.41) is 13.2. The highest BCUT2D eigenvalue weighted by Gasteiger charge is 2.18. The molecule has 1 aliphatic carbocycles. The third kappa shape index (κ3) is 5.53. The number of nitrogens with zero attached hydrogens (tertiary/aromatic N) is 1. The maximum Gasteiger partial charge on any atom is 0.335 e. The van der Waals surface area contributed by atoms with Crippen LogP contribution in [0.4, 0.5) is 0 Å². The number of thiazole rings is 1. The van der Waals surface area contributed by atoms with Gasteiger partial charge in [-0.3, -0.25) is 4.79 Å². The van der Waals surface area contributed by atoms with Crippen molar-refractivity contribution < 1.29 is 14.7 Å². The Morgan fingerprint density at radius 2 is 2.10 bits per heavy atom. The molecule has 1 aromatic heterocycles. The first-order valence-electron chi connectivity index (χ1n) is 9.45. The highest BCUT2D eigenvalue weighted by atomic mass is 35.5. The van der Waals surface area contributed by atoms with E-state index in [9.17, 15) is 9.59 Å². The van der Waals surface area contributed by atoms with Crippen LogP contribution in [0.25, 0.3) is 15.8 Å². The largest absolute Gasteiger partial charge is 0.478 e. The summed E-state index contributed by atoms with van der Waals surface area (Å²) in [5.41, 5.74) is 3.05. The molecule has 8 heteroatoms. The Balaban J connectivity index is 1.73. The van der Waals surface area contributed by atoms with Gasteiger partial charge in [-0.05, 0) is 41.7 Å². The Morgan fingerprint density at radius 1 is 1.32 bits per heavy atom. The summed E-state index contributed by atoms with van der Waals surface area (Å²) in [6.45, 7) is 7.32. The van der Waals surface area contributed by atoms with E-state index in [4.69, 9.17) is 28.3 Å². The molecule has 2 N–H and O–H groups in total. The highest BCUT2D eigenvalue weighted by molar-refractivity contribution is 7.18. The zero-order valence-corrected chi connectivity index (χ0v) is 18.9. The number of carbonyl (C=O) groups excluding carboxylic acids is 1. The number of aromatic nitrogens is 1. The molecule has 1 aliphatic rings. The summed E-state index contributed by atoms with van der Waals surface area (Å²) in [7, 11) is 0. The third-order valence-corrected chi connectivity index (χ3v) is 6.48. The van der Waals surface area contributed by atoms with E-state index in [2.05, 4.69) is 29.5 Å². The van der Waals surface area contributed by atoms with Crippen molar-refractivity contribution in [2.45, 2.75) is 19.3 Å². The molecule has 1 aromatic carbocycles. The fraction of sp³-hybridized carbons (Fsp3) is 0.174. The lowest BCUT2D eigenvalue weighted by atomic mass is 9.97. The van der Waals surface area contributed by atoms with Crippen molar-refractivity contribution in [1.29, 1.82) is 0 Å². The molecule has 5 nitrogen and oxygen atoms in total. The number of hydrogen-bond acceptors (Lipinski definition) is 4. The quantitative estimate of drug-likeness (QED) is 0.377. The van der Waals surface area contributed by atoms with Crippen LogP contribution in [0.5, 0.6) is 0 Å². The Kier molecular flexibility index (Phi) is 7.49. The lowest BCUT2D eigenvalue weighted by Gasteiger charge is -2.12. The number of fused-ring (bicyclic) bond motifs is 1. The van der Waals surface area contributed by atoms with E-state index in [1.54, 1.807) is 0 Å². The fourth-order valence-electron chi connectivity index (χ4n) is 3.08. The van der Waals surface area contributed by atoms with Crippen molar-refractivity contribution in [3.63, 3.8) is 0 Å². The Hall–Kier alpha value is -2.67. The van der Waals surface area contributed by atoms with Gasteiger partial charge in [-0.15, -0.1) is 11.3 Å². The number of carboxylic acids is 1. The summed E-state index contributed by atoms with van der Waals surface area (Å²) < 4.78 is 0.868. The van der Waals surface area contributed by atoms with E-state index >= 15 is 0 Å². The number of carbonyl (C=O) groups is 2. The van der Waals surface area contributed by atoms with Crippen LogP contribution < -0.4 is 5.32 Å². The molecule has 160 valence electrons. The van der Waals surface area contributed by atoms with Crippen LogP contribution in [0.3, 0.4) is 0 Å². The molecular weight excluding hydrogens is 455 g/mol. The van der Waals surface area contributed by atoms with Gasteiger partial charge in [0, 0.05) is 6.54 Å². The van der Waals surface area contributed by atoms with Crippen LogP contribution in [0.15, 0.2) is 60.8 Å². The maximum atomic E-state index is 12.3. The van der Waals surface area contributed by atoms with Crippen molar-refractivity contribution >= 4 is 62.2 Å². The summed E-state index contributed by atoms with van der Waals surface area (Å²) in [5.74, 6) is -1.36. The van der Waals surface area contributed by atoms with Gasteiger partial charge in [0.25, 0.3) is 0 Å². The lowest BCUT2D eigenvalue weighted by Crippen LogP contribution is -2.26. The first kappa shape index (κ1) is 23.0. The number of amides is 1. The molecule has 0 aliphatic heterocycles. The molecule has 0 bridgehead atoms. The molecule has 0 fully saturated rings. The van der Waals surface area contributed by atoms with Gasteiger partial charge in [0.1, 0.15) is 10.5 Å². The summed E-state index contributed by atoms with van der Waals surface area (Å²) in [6.07, 6.45) is 10.6. The van der Waals surface area contributed by atoms with Crippen LogP contribution >= 0.6 is 34.5 Å². The van der Waals surface area contributed by atoms with Crippen molar-refractivity contribution in [3.8, 4) is 0 Å². The smallest absolute Gasteiger partial charge is 0.335 e. The number of carboxylic acid groups (broad SMARTS) is 1. The van der Waals surface area contributed by atoms with E-state index in [-0.39, 0.29) is 24.4 Å². The standard InChI is InChI=1S/C23H20Cl2N2O3S/c1-3-14(23(29)30)9-13(2)12-26-18(28)11-19-27-22-17(31-19)10-16(20(24)21(22)25)15-7-5-4-6-8-15/h3-5,7,9-10H,1-2,6,8,11-12H2,(H,26,28)(H,29,30)/b14-9+. The number of benzene rings is 1. The number of allylic oxidation sites excluding steroid dienone is 4. The van der Waals surface area contributed by atoms with E-state index < -0.39 is 5.97 Å². The number of hydrogen-bond donors (Lipinski definition) is 2. The normalized spacial score (nSPS) is 13.7. The molecular formula is C23H20Cl2N2O3S. The van der Waals surface area contributed by atoms with Crippen molar-refractivity contribution in [2.75, 3.05) is 6.54 Å². The van der Waals surface area contributed by atoms with E-state index in [1.165, 1.54) is 23.5 Å². The van der Waals surface area contributed by atoms with Crippen LogP contribution in [-0.2, 0) is 16.0 Å². The molecule has 3 rings (SSSR count). The van der Waals surface area contributed by atoms with E-state index in [0.717, 1.165) is 28.7 Å². The van der Waals surface area contributed by atoms with Gasteiger partial charge >= 0.3 is 5.97 Å². The molecule has 0 saturated carbocycles. The Bertz CT molecular complexity index is 1180.